The molecule has 6 nitrogen and oxygen atoms in total. The zero-order valence-electron chi connectivity index (χ0n) is 8.99. The van der Waals surface area contributed by atoms with Gasteiger partial charge in [0.25, 0.3) is 5.56 Å². The molecule has 1 aromatic carbocycles. The maximum absolute atomic E-state index is 12.5. The summed E-state index contributed by atoms with van der Waals surface area (Å²) in [5, 5.41) is 8.13. The lowest BCUT2D eigenvalue weighted by Gasteiger charge is -2.07. The van der Waals surface area contributed by atoms with Gasteiger partial charge in [0.2, 0.25) is 0 Å². The summed E-state index contributed by atoms with van der Waals surface area (Å²) in [5.41, 5.74) is -3.83. The van der Waals surface area contributed by atoms with Gasteiger partial charge in [-0.1, -0.05) is 0 Å². The van der Waals surface area contributed by atoms with Crippen molar-refractivity contribution in [2.75, 3.05) is 0 Å². The van der Waals surface area contributed by atoms with Crippen LogP contribution in [0, 0.1) is 0 Å². The van der Waals surface area contributed by atoms with Crippen molar-refractivity contribution in [3.05, 3.63) is 44.6 Å². The highest BCUT2D eigenvalue weighted by molar-refractivity contribution is 5.80. The van der Waals surface area contributed by atoms with Crippen molar-refractivity contribution in [1.29, 1.82) is 0 Å². The molecule has 0 aliphatic carbocycles. The van der Waals surface area contributed by atoms with Gasteiger partial charge in [0.05, 0.1) is 16.5 Å². The predicted octanol–water partition coefficient (Wildman–Crippen LogP) is 1.23. The van der Waals surface area contributed by atoms with Gasteiger partial charge in [-0.3, -0.25) is 4.79 Å². The minimum absolute atomic E-state index is 0.166. The smallest absolute Gasteiger partial charge is 0.422 e. The minimum Gasteiger partial charge on any atom is -0.464 e. The molecule has 2 N–H and O–H groups in total. The Morgan fingerprint density at radius 3 is 2.42 bits per heavy atom. The fourth-order valence-corrected chi connectivity index (χ4v) is 1.56. The van der Waals surface area contributed by atoms with Crippen molar-refractivity contribution in [1.82, 2.24) is 9.55 Å². The quantitative estimate of drug-likeness (QED) is 0.755. The number of carbonyl (C=O) groups is 1. The van der Waals surface area contributed by atoms with Crippen LogP contribution in [-0.4, -0.2) is 20.8 Å². The summed E-state index contributed by atoms with van der Waals surface area (Å²) in [6.45, 7) is 0. The molecule has 0 spiro atoms. The Labute approximate surface area is 101 Å². The number of hydrogen-bond donors (Lipinski definition) is 2. The third-order valence-corrected chi connectivity index (χ3v) is 2.42. The molecule has 0 bridgehead atoms. The monoisotopic (exact) mass is 274 g/mol. The Balaban J connectivity index is 2.90. The molecule has 1 aromatic heterocycles. The Hall–Kier alpha value is -2.58. The number of rotatable bonds is 0. The van der Waals surface area contributed by atoms with Crippen molar-refractivity contribution in [2.45, 2.75) is 6.18 Å². The Bertz CT molecular complexity index is 788. The van der Waals surface area contributed by atoms with Gasteiger partial charge in [-0.05, 0) is 18.2 Å². The highest BCUT2D eigenvalue weighted by Crippen LogP contribution is 2.30. The summed E-state index contributed by atoms with van der Waals surface area (Å²) in [6, 6.07) is 2.07. The van der Waals surface area contributed by atoms with Crippen molar-refractivity contribution in [2.24, 2.45) is 0 Å². The van der Waals surface area contributed by atoms with E-state index in [0.717, 1.165) is 6.07 Å². The van der Waals surface area contributed by atoms with Gasteiger partial charge in [0, 0.05) is 0 Å². The second-order valence-corrected chi connectivity index (χ2v) is 3.61. The first-order chi connectivity index (χ1) is 8.71. The molecule has 0 fully saturated rings. The molecule has 0 aliphatic heterocycles. The predicted molar refractivity (Wildman–Crippen MR) is 57.3 cm³/mol. The number of aromatic amines is 1. The number of fused-ring (bicyclic) bond motifs is 1. The third kappa shape index (κ3) is 2.09. The number of benzene rings is 1. The average Bonchev–Trinajstić information content (AvgIpc) is 2.26. The fraction of sp³-hybridized carbons (Fsp3) is 0.100. The second kappa shape index (κ2) is 3.97. The molecule has 0 saturated carbocycles. The Kier molecular flexibility index (Phi) is 2.69. The van der Waals surface area contributed by atoms with E-state index in [9.17, 15) is 27.6 Å². The third-order valence-electron chi connectivity index (χ3n) is 2.42. The van der Waals surface area contributed by atoms with E-state index in [-0.39, 0.29) is 10.1 Å². The van der Waals surface area contributed by atoms with E-state index in [4.69, 9.17) is 5.11 Å². The average molecular weight is 274 g/mol. The number of aromatic nitrogens is 2. The zero-order chi connectivity index (χ0) is 14.4. The topological polar surface area (TPSA) is 92.2 Å². The zero-order valence-corrected chi connectivity index (χ0v) is 8.99. The highest BCUT2D eigenvalue weighted by atomic mass is 19.4. The van der Waals surface area contributed by atoms with Gasteiger partial charge in [0.1, 0.15) is 0 Å². The van der Waals surface area contributed by atoms with Crippen LogP contribution in [0.3, 0.4) is 0 Å². The molecular formula is C10H5F3N2O4. The van der Waals surface area contributed by atoms with Crippen LogP contribution in [-0.2, 0) is 6.18 Å². The summed E-state index contributed by atoms with van der Waals surface area (Å²) in [6.07, 6.45) is -6.55. The van der Waals surface area contributed by atoms with Crippen LogP contribution in [0.4, 0.5) is 18.0 Å². The molecule has 2 aromatic rings. The maximum atomic E-state index is 12.5. The van der Waals surface area contributed by atoms with E-state index >= 15 is 0 Å². The summed E-state index contributed by atoms with van der Waals surface area (Å²) >= 11 is 0. The molecule has 100 valence electrons. The highest BCUT2D eigenvalue weighted by Gasteiger charge is 2.31. The Morgan fingerprint density at radius 2 is 1.89 bits per heavy atom. The van der Waals surface area contributed by atoms with Gasteiger partial charge >= 0.3 is 18.0 Å². The number of nitrogens with one attached hydrogen (secondary N) is 1. The Morgan fingerprint density at radius 1 is 1.26 bits per heavy atom. The first-order valence-corrected chi connectivity index (χ1v) is 4.81. The number of alkyl halides is 3. The molecule has 0 aliphatic rings. The number of hydrogen-bond acceptors (Lipinski definition) is 3. The molecule has 9 heteroatoms. The van der Waals surface area contributed by atoms with Gasteiger partial charge in [0.15, 0.2) is 0 Å². The number of carboxylic acid groups (broad SMARTS) is 1. The molecule has 2 rings (SSSR count). The van der Waals surface area contributed by atoms with Crippen molar-refractivity contribution >= 4 is 17.0 Å². The van der Waals surface area contributed by atoms with E-state index in [1.807, 2.05) is 4.98 Å². The normalized spacial score (nSPS) is 11.7. The molecule has 0 amide bonds. The number of nitrogens with zero attached hydrogens (tertiary/aromatic N) is 1. The fourth-order valence-electron chi connectivity index (χ4n) is 1.56. The second-order valence-electron chi connectivity index (χ2n) is 3.61. The lowest BCUT2D eigenvalue weighted by atomic mass is 10.1. The first kappa shape index (κ1) is 12.9. The standard InChI is InChI=1S/C10H5F3N2O4/c11-10(12,13)4-1-2-6-5(3-4)7(16)15(9(18)19)8(17)14-6/h1-3H,(H,14,17)(H,18,19). The van der Waals surface area contributed by atoms with Gasteiger partial charge in [-0.25, -0.2) is 9.59 Å². The van der Waals surface area contributed by atoms with E-state index in [1.165, 1.54) is 0 Å². The van der Waals surface area contributed by atoms with Crippen LogP contribution in [0.25, 0.3) is 10.9 Å². The van der Waals surface area contributed by atoms with Crippen molar-refractivity contribution in [3.63, 3.8) is 0 Å². The summed E-state index contributed by atoms with van der Waals surface area (Å²) in [7, 11) is 0. The van der Waals surface area contributed by atoms with Crippen LogP contribution in [0.15, 0.2) is 27.8 Å². The van der Waals surface area contributed by atoms with Gasteiger partial charge in [-0.2, -0.15) is 17.7 Å². The molecule has 19 heavy (non-hydrogen) atoms. The first-order valence-electron chi connectivity index (χ1n) is 4.81. The van der Waals surface area contributed by atoms with Crippen LogP contribution >= 0.6 is 0 Å². The van der Waals surface area contributed by atoms with Crippen LogP contribution in [0.5, 0.6) is 0 Å². The molecule has 1 heterocycles. The maximum Gasteiger partial charge on any atom is 0.422 e. The lowest BCUT2D eigenvalue weighted by Crippen LogP contribution is -2.39. The van der Waals surface area contributed by atoms with Crippen LogP contribution in [0.1, 0.15) is 5.56 Å². The lowest BCUT2D eigenvalue weighted by molar-refractivity contribution is -0.137. The summed E-state index contributed by atoms with van der Waals surface area (Å²) in [4.78, 5) is 35.7. The number of halogens is 3. The van der Waals surface area contributed by atoms with E-state index in [0.29, 0.717) is 12.1 Å². The molecule has 0 unspecified atom stereocenters. The number of H-pyrrole nitrogens is 1. The van der Waals surface area contributed by atoms with Gasteiger partial charge in [-0.15, -0.1) is 0 Å². The van der Waals surface area contributed by atoms with E-state index < -0.39 is 34.5 Å². The van der Waals surface area contributed by atoms with Crippen molar-refractivity contribution < 1.29 is 23.1 Å². The minimum atomic E-state index is -4.68. The molecule has 0 radical (unpaired) electrons. The van der Waals surface area contributed by atoms with E-state index in [1.54, 1.807) is 0 Å². The molecular weight excluding hydrogens is 269 g/mol. The van der Waals surface area contributed by atoms with Gasteiger partial charge < -0.3 is 10.1 Å². The van der Waals surface area contributed by atoms with E-state index in [2.05, 4.69) is 0 Å². The molecule has 0 atom stereocenters. The van der Waals surface area contributed by atoms with Crippen LogP contribution in [0.2, 0.25) is 0 Å². The molecule has 0 saturated heterocycles. The van der Waals surface area contributed by atoms with Crippen LogP contribution < -0.4 is 11.2 Å². The van der Waals surface area contributed by atoms with Crippen molar-refractivity contribution in [3.8, 4) is 0 Å². The summed E-state index contributed by atoms with van der Waals surface area (Å²) < 4.78 is 37.3. The largest absolute Gasteiger partial charge is 0.464 e. The summed E-state index contributed by atoms with van der Waals surface area (Å²) in [5.74, 6) is 0. The SMILES string of the molecule is O=C(O)n1c(=O)[nH]c2ccc(C(F)(F)F)cc2c1=O.